The van der Waals surface area contributed by atoms with Crippen LogP contribution in [0.25, 0.3) is 0 Å². The number of carbonyl (C=O) groups excluding carboxylic acids is 2. The van der Waals surface area contributed by atoms with Crippen molar-refractivity contribution in [2.45, 2.75) is 51.6 Å². The van der Waals surface area contributed by atoms with Gasteiger partial charge < -0.3 is 10.1 Å². The van der Waals surface area contributed by atoms with Gasteiger partial charge in [-0.1, -0.05) is 60.3 Å². The number of anilines is 1. The summed E-state index contributed by atoms with van der Waals surface area (Å²) in [5.74, 6) is -0.0920. The number of ether oxygens (including phenoxy) is 1. The molecule has 1 aromatic heterocycles. The number of carbonyl (C=O) groups is 2. The highest BCUT2D eigenvalue weighted by Gasteiger charge is 2.37. The molecule has 1 aliphatic rings. The fourth-order valence-corrected chi connectivity index (χ4v) is 5.39. The van der Waals surface area contributed by atoms with E-state index in [1.165, 1.54) is 4.90 Å². The number of hydrogen-bond donors (Lipinski definition) is 1. The summed E-state index contributed by atoms with van der Waals surface area (Å²) in [7, 11) is 1.58. The molecule has 1 heterocycles. The summed E-state index contributed by atoms with van der Waals surface area (Å²) in [6.07, 6.45) is 3.99. The first kappa shape index (κ1) is 25.5. The Bertz CT molecular complexity index is 1220. The molecular formula is C26H27Cl2N3O3S. The highest BCUT2D eigenvalue weighted by atomic mass is 35.5. The molecule has 1 aliphatic carbocycles. The van der Waals surface area contributed by atoms with Crippen LogP contribution in [-0.2, 0) is 4.79 Å². The van der Waals surface area contributed by atoms with Gasteiger partial charge in [0, 0.05) is 11.7 Å². The van der Waals surface area contributed by atoms with Crippen LogP contribution in [0.5, 0.6) is 5.75 Å². The van der Waals surface area contributed by atoms with Crippen molar-refractivity contribution in [1.29, 1.82) is 0 Å². The molecule has 1 atom stereocenters. The number of rotatable bonds is 7. The van der Waals surface area contributed by atoms with Gasteiger partial charge in [0.05, 0.1) is 7.11 Å². The lowest BCUT2D eigenvalue weighted by Gasteiger charge is -2.33. The lowest BCUT2D eigenvalue weighted by molar-refractivity contribution is -0.123. The first-order valence-electron chi connectivity index (χ1n) is 11.5. The quantitative estimate of drug-likeness (QED) is 0.376. The second-order valence-corrected chi connectivity index (χ2v) is 10.5. The summed E-state index contributed by atoms with van der Waals surface area (Å²) in [4.78, 5) is 29.4. The third-order valence-corrected chi connectivity index (χ3v) is 7.89. The first-order valence-corrected chi connectivity index (χ1v) is 13.0. The SMILES string of the molecule is COc1ccc(C(C(=O)NC2CCCC2)N(C(=O)c2nsc(Cl)c2Cl)c2cc(C)ccc2C)cc1. The normalized spacial score (nSPS) is 14.5. The molecule has 1 saturated carbocycles. The molecule has 184 valence electrons. The maximum absolute atomic E-state index is 14.0. The summed E-state index contributed by atoms with van der Waals surface area (Å²) in [5.41, 5.74) is 3.07. The van der Waals surface area contributed by atoms with Crippen LogP contribution in [0.15, 0.2) is 42.5 Å². The molecule has 6 nitrogen and oxygen atoms in total. The van der Waals surface area contributed by atoms with E-state index >= 15 is 0 Å². The minimum absolute atomic E-state index is 0.0229. The van der Waals surface area contributed by atoms with Gasteiger partial charge in [0.25, 0.3) is 5.91 Å². The van der Waals surface area contributed by atoms with Gasteiger partial charge in [0.1, 0.15) is 21.2 Å². The summed E-state index contributed by atoms with van der Waals surface area (Å²) >= 11 is 13.5. The predicted molar refractivity (Wildman–Crippen MR) is 141 cm³/mol. The zero-order valence-electron chi connectivity index (χ0n) is 19.8. The molecule has 1 N–H and O–H groups in total. The summed E-state index contributed by atoms with van der Waals surface area (Å²) in [6.45, 7) is 3.85. The monoisotopic (exact) mass is 531 g/mol. The lowest BCUT2D eigenvalue weighted by Crippen LogP contribution is -2.46. The zero-order chi connectivity index (χ0) is 25.1. The minimum Gasteiger partial charge on any atom is -0.497 e. The molecule has 3 aromatic rings. The van der Waals surface area contributed by atoms with Crippen LogP contribution in [-0.4, -0.2) is 29.3 Å². The van der Waals surface area contributed by atoms with Crippen molar-refractivity contribution in [2.75, 3.05) is 12.0 Å². The molecule has 0 radical (unpaired) electrons. The highest BCUT2D eigenvalue weighted by Crippen LogP contribution is 2.37. The molecule has 35 heavy (non-hydrogen) atoms. The van der Waals surface area contributed by atoms with E-state index in [1.807, 2.05) is 32.0 Å². The molecule has 2 aromatic carbocycles. The van der Waals surface area contributed by atoms with Crippen molar-refractivity contribution in [3.8, 4) is 5.75 Å². The molecule has 9 heteroatoms. The Balaban J connectivity index is 1.88. The number of benzene rings is 2. The van der Waals surface area contributed by atoms with E-state index in [2.05, 4.69) is 9.69 Å². The molecule has 1 fully saturated rings. The van der Waals surface area contributed by atoms with E-state index in [4.69, 9.17) is 27.9 Å². The standard InChI is InChI=1S/C26H27Cl2N3O3S/c1-15-8-9-16(2)20(14-15)31(26(33)22-21(27)24(28)35-30-22)23(17-10-12-19(34-3)13-11-17)25(32)29-18-6-4-5-7-18/h8-14,18,23H,4-7H2,1-3H3,(H,29,32). The summed E-state index contributed by atoms with van der Waals surface area (Å²) < 4.78 is 9.75. The topological polar surface area (TPSA) is 71.5 Å². The molecule has 4 rings (SSSR count). The Morgan fingerprint density at radius 1 is 1.11 bits per heavy atom. The van der Waals surface area contributed by atoms with Gasteiger partial charge in [-0.2, -0.15) is 4.37 Å². The third-order valence-electron chi connectivity index (χ3n) is 6.28. The van der Waals surface area contributed by atoms with Gasteiger partial charge in [-0.15, -0.1) is 0 Å². The molecular weight excluding hydrogens is 505 g/mol. The van der Waals surface area contributed by atoms with Crippen molar-refractivity contribution in [3.63, 3.8) is 0 Å². The number of nitrogens with zero attached hydrogens (tertiary/aromatic N) is 2. The van der Waals surface area contributed by atoms with Gasteiger partial charge >= 0.3 is 0 Å². The van der Waals surface area contributed by atoms with Crippen LogP contribution < -0.4 is 15.0 Å². The smallest absolute Gasteiger partial charge is 0.280 e. The van der Waals surface area contributed by atoms with Crippen LogP contribution in [0.1, 0.15) is 58.9 Å². The highest BCUT2D eigenvalue weighted by molar-refractivity contribution is 7.11. The van der Waals surface area contributed by atoms with E-state index in [9.17, 15) is 9.59 Å². The number of methoxy groups -OCH3 is 1. The average Bonchev–Trinajstić information content (AvgIpc) is 3.48. The zero-order valence-corrected chi connectivity index (χ0v) is 22.1. The molecule has 1 unspecified atom stereocenters. The van der Waals surface area contributed by atoms with Gasteiger partial charge in [-0.25, -0.2) is 0 Å². The van der Waals surface area contributed by atoms with Crippen LogP contribution in [0.4, 0.5) is 5.69 Å². The molecule has 0 bridgehead atoms. The number of halogens is 2. The van der Waals surface area contributed by atoms with E-state index in [0.717, 1.165) is 48.3 Å². The van der Waals surface area contributed by atoms with Crippen LogP contribution in [0.3, 0.4) is 0 Å². The predicted octanol–water partition coefficient (Wildman–Crippen LogP) is 6.52. The second-order valence-electron chi connectivity index (χ2n) is 8.75. The van der Waals surface area contributed by atoms with Gasteiger partial charge in [0.15, 0.2) is 5.69 Å². The summed E-state index contributed by atoms with van der Waals surface area (Å²) in [5, 5.41) is 3.26. The lowest BCUT2D eigenvalue weighted by atomic mass is 10.00. The van der Waals surface area contributed by atoms with E-state index < -0.39 is 11.9 Å². The van der Waals surface area contributed by atoms with Crippen molar-refractivity contribution in [2.24, 2.45) is 0 Å². The number of nitrogens with one attached hydrogen (secondary N) is 1. The fourth-order valence-electron chi connectivity index (χ4n) is 4.40. The average molecular weight is 532 g/mol. The minimum atomic E-state index is -0.953. The van der Waals surface area contributed by atoms with E-state index in [-0.39, 0.29) is 27.0 Å². The summed E-state index contributed by atoms with van der Waals surface area (Å²) in [6, 6.07) is 12.1. The number of aryl methyl sites for hydroxylation is 2. The van der Waals surface area contributed by atoms with Crippen molar-refractivity contribution in [1.82, 2.24) is 9.69 Å². The van der Waals surface area contributed by atoms with Crippen molar-refractivity contribution in [3.05, 3.63) is 74.2 Å². The second kappa shape index (κ2) is 11.0. The molecule has 0 spiro atoms. The van der Waals surface area contributed by atoms with Gasteiger partial charge in [-0.3, -0.25) is 14.5 Å². The van der Waals surface area contributed by atoms with Gasteiger partial charge in [0.2, 0.25) is 5.91 Å². The fraction of sp³-hybridized carbons (Fsp3) is 0.346. The van der Waals surface area contributed by atoms with Crippen LogP contribution in [0.2, 0.25) is 9.36 Å². The Morgan fingerprint density at radius 2 is 1.80 bits per heavy atom. The number of amides is 2. The van der Waals surface area contributed by atoms with Crippen LogP contribution in [0, 0.1) is 13.8 Å². The van der Waals surface area contributed by atoms with Crippen molar-refractivity contribution < 1.29 is 14.3 Å². The van der Waals surface area contributed by atoms with Gasteiger partial charge in [-0.05, 0) is 73.1 Å². The third kappa shape index (κ3) is 5.47. The van der Waals surface area contributed by atoms with Crippen LogP contribution >= 0.6 is 34.7 Å². The largest absolute Gasteiger partial charge is 0.497 e. The molecule has 2 amide bonds. The Morgan fingerprint density at radius 3 is 2.40 bits per heavy atom. The van der Waals surface area contributed by atoms with E-state index in [1.54, 1.807) is 31.4 Å². The number of hydrogen-bond acceptors (Lipinski definition) is 5. The molecule has 0 aliphatic heterocycles. The Labute approximate surface area is 219 Å². The Kier molecular flexibility index (Phi) is 7.99. The maximum Gasteiger partial charge on any atom is 0.280 e. The van der Waals surface area contributed by atoms with Crippen molar-refractivity contribution >= 4 is 52.2 Å². The number of aromatic nitrogens is 1. The maximum atomic E-state index is 14.0. The first-order chi connectivity index (χ1) is 16.8. The Hall–Kier alpha value is -2.61. The van der Waals surface area contributed by atoms with E-state index in [0.29, 0.717) is 17.0 Å². The molecule has 0 saturated heterocycles.